The Kier molecular flexibility index (Phi) is 4.41. The molecule has 0 atom stereocenters. The van der Waals surface area contributed by atoms with Crippen molar-refractivity contribution >= 4 is 11.6 Å². The van der Waals surface area contributed by atoms with Gasteiger partial charge in [0, 0.05) is 24.3 Å². The molecule has 0 aliphatic carbocycles. The van der Waals surface area contributed by atoms with Crippen LogP contribution in [0.3, 0.4) is 0 Å². The fourth-order valence-corrected chi connectivity index (χ4v) is 2.13. The van der Waals surface area contributed by atoms with Gasteiger partial charge in [0.05, 0.1) is 0 Å². The van der Waals surface area contributed by atoms with Gasteiger partial charge >= 0.3 is 0 Å². The van der Waals surface area contributed by atoms with Crippen molar-refractivity contribution in [1.82, 2.24) is 4.90 Å². The van der Waals surface area contributed by atoms with Crippen LogP contribution in [0, 0.1) is 6.92 Å². The second-order valence-corrected chi connectivity index (χ2v) is 4.87. The lowest BCUT2D eigenvalue weighted by molar-refractivity contribution is 0.0752. The monoisotopic (exact) mass is 268 g/mol. The zero-order valence-electron chi connectivity index (χ0n) is 12.0. The summed E-state index contributed by atoms with van der Waals surface area (Å²) in [7, 11) is 0. The summed E-state index contributed by atoms with van der Waals surface area (Å²) in [5.74, 6) is 0.0377. The van der Waals surface area contributed by atoms with E-state index in [2.05, 4.69) is 19.1 Å². The van der Waals surface area contributed by atoms with Gasteiger partial charge in [-0.3, -0.25) is 4.79 Å². The van der Waals surface area contributed by atoms with E-state index >= 15 is 0 Å². The van der Waals surface area contributed by atoms with E-state index in [1.54, 1.807) is 24.3 Å². The van der Waals surface area contributed by atoms with Crippen molar-refractivity contribution in [3.63, 3.8) is 0 Å². The van der Waals surface area contributed by atoms with Crippen molar-refractivity contribution in [3.8, 4) is 0 Å². The van der Waals surface area contributed by atoms with Crippen molar-refractivity contribution in [1.29, 1.82) is 0 Å². The summed E-state index contributed by atoms with van der Waals surface area (Å²) in [6, 6.07) is 15.2. The molecule has 2 N–H and O–H groups in total. The molecule has 3 heteroatoms. The number of rotatable bonds is 4. The molecular weight excluding hydrogens is 248 g/mol. The Morgan fingerprint density at radius 3 is 2.35 bits per heavy atom. The standard InChI is InChI=1S/C17H20N2O/c1-3-19(12-15-7-5-4-6-13(15)2)17(20)14-8-10-16(18)11-9-14/h4-11H,3,12,18H2,1-2H3. The topological polar surface area (TPSA) is 46.3 Å². The molecule has 0 radical (unpaired) electrons. The van der Waals surface area contributed by atoms with Gasteiger partial charge < -0.3 is 10.6 Å². The first-order valence-electron chi connectivity index (χ1n) is 6.81. The molecule has 0 fully saturated rings. The fourth-order valence-electron chi connectivity index (χ4n) is 2.13. The zero-order chi connectivity index (χ0) is 14.5. The molecule has 104 valence electrons. The van der Waals surface area contributed by atoms with Gasteiger partial charge in [-0.1, -0.05) is 24.3 Å². The highest BCUT2D eigenvalue weighted by atomic mass is 16.2. The van der Waals surface area contributed by atoms with Gasteiger partial charge in [0.25, 0.3) is 5.91 Å². The lowest BCUT2D eigenvalue weighted by atomic mass is 10.1. The van der Waals surface area contributed by atoms with E-state index in [9.17, 15) is 4.79 Å². The first-order chi connectivity index (χ1) is 9.61. The Morgan fingerprint density at radius 1 is 1.10 bits per heavy atom. The second kappa shape index (κ2) is 6.24. The number of carbonyl (C=O) groups is 1. The summed E-state index contributed by atoms with van der Waals surface area (Å²) < 4.78 is 0. The molecule has 0 unspecified atom stereocenters. The number of nitrogen functional groups attached to an aromatic ring is 1. The number of amides is 1. The number of nitrogens with two attached hydrogens (primary N) is 1. The third kappa shape index (κ3) is 3.18. The number of carbonyl (C=O) groups excluding carboxylic acids is 1. The van der Waals surface area contributed by atoms with Gasteiger partial charge in [-0.25, -0.2) is 0 Å². The number of benzene rings is 2. The number of hydrogen-bond acceptors (Lipinski definition) is 2. The van der Waals surface area contributed by atoms with Crippen LogP contribution in [0.15, 0.2) is 48.5 Å². The molecule has 3 nitrogen and oxygen atoms in total. The summed E-state index contributed by atoms with van der Waals surface area (Å²) >= 11 is 0. The van der Waals surface area contributed by atoms with Crippen molar-refractivity contribution < 1.29 is 4.79 Å². The third-order valence-electron chi connectivity index (χ3n) is 3.45. The van der Waals surface area contributed by atoms with Crippen molar-refractivity contribution in [3.05, 3.63) is 65.2 Å². The minimum Gasteiger partial charge on any atom is -0.399 e. The van der Waals surface area contributed by atoms with Gasteiger partial charge in [-0.05, 0) is 49.2 Å². The molecule has 0 bridgehead atoms. The minimum absolute atomic E-state index is 0.0377. The Morgan fingerprint density at radius 2 is 1.75 bits per heavy atom. The molecule has 0 aromatic heterocycles. The number of nitrogens with zero attached hydrogens (tertiary/aromatic N) is 1. The molecular formula is C17H20N2O. The van der Waals surface area contributed by atoms with E-state index in [4.69, 9.17) is 5.73 Å². The molecule has 2 aromatic rings. The second-order valence-electron chi connectivity index (χ2n) is 4.87. The van der Waals surface area contributed by atoms with Crippen LogP contribution < -0.4 is 5.73 Å². The van der Waals surface area contributed by atoms with Gasteiger partial charge in [0.1, 0.15) is 0 Å². The summed E-state index contributed by atoms with van der Waals surface area (Å²) in [4.78, 5) is 14.3. The van der Waals surface area contributed by atoms with E-state index in [-0.39, 0.29) is 5.91 Å². The molecule has 0 saturated carbocycles. The van der Waals surface area contributed by atoms with E-state index in [0.717, 1.165) is 0 Å². The summed E-state index contributed by atoms with van der Waals surface area (Å²) in [5.41, 5.74) is 9.38. The van der Waals surface area contributed by atoms with Crippen LogP contribution in [-0.2, 0) is 6.54 Å². The van der Waals surface area contributed by atoms with Crippen molar-refractivity contribution in [2.75, 3.05) is 12.3 Å². The number of aryl methyl sites for hydroxylation is 1. The summed E-state index contributed by atoms with van der Waals surface area (Å²) in [6.07, 6.45) is 0. The van der Waals surface area contributed by atoms with Crippen LogP contribution in [0.5, 0.6) is 0 Å². The van der Waals surface area contributed by atoms with Crippen LogP contribution in [0.25, 0.3) is 0 Å². The first-order valence-corrected chi connectivity index (χ1v) is 6.81. The molecule has 0 spiro atoms. The minimum atomic E-state index is 0.0377. The maximum atomic E-state index is 12.5. The van der Waals surface area contributed by atoms with Crippen LogP contribution in [-0.4, -0.2) is 17.4 Å². The van der Waals surface area contributed by atoms with E-state index in [1.165, 1.54) is 11.1 Å². The lowest BCUT2D eigenvalue weighted by Crippen LogP contribution is -2.30. The maximum Gasteiger partial charge on any atom is 0.254 e. The molecule has 20 heavy (non-hydrogen) atoms. The largest absolute Gasteiger partial charge is 0.399 e. The van der Waals surface area contributed by atoms with Gasteiger partial charge in [0.15, 0.2) is 0 Å². The fraction of sp³-hybridized carbons (Fsp3) is 0.235. The van der Waals surface area contributed by atoms with Gasteiger partial charge in [-0.2, -0.15) is 0 Å². The predicted molar refractivity (Wildman–Crippen MR) is 82.4 cm³/mol. The van der Waals surface area contributed by atoms with Crippen LogP contribution in [0.4, 0.5) is 5.69 Å². The van der Waals surface area contributed by atoms with Crippen LogP contribution in [0.1, 0.15) is 28.4 Å². The van der Waals surface area contributed by atoms with Crippen LogP contribution >= 0.6 is 0 Å². The maximum absolute atomic E-state index is 12.5. The first kappa shape index (κ1) is 14.1. The summed E-state index contributed by atoms with van der Waals surface area (Å²) in [6.45, 7) is 5.37. The normalized spacial score (nSPS) is 10.3. The third-order valence-corrected chi connectivity index (χ3v) is 3.45. The van der Waals surface area contributed by atoms with Crippen molar-refractivity contribution in [2.45, 2.75) is 20.4 Å². The van der Waals surface area contributed by atoms with Gasteiger partial charge in [0.2, 0.25) is 0 Å². The quantitative estimate of drug-likeness (QED) is 0.865. The van der Waals surface area contributed by atoms with Gasteiger partial charge in [-0.15, -0.1) is 0 Å². The molecule has 2 rings (SSSR count). The Hall–Kier alpha value is -2.29. The number of hydrogen-bond donors (Lipinski definition) is 1. The predicted octanol–water partition coefficient (Wildman–Crippen LogP) is 3.24. The van der Waals surface area contributed by atoms with E-state index in [1.807, 2.05) is 24.0 Å². The molecule has 2 aromatic carbocycles. The molecule has 0 aliphatic rings. The molecule has 0 aliphatic heterocycles. The summed E-state index contributed by atoms with van der Waals surface area (Å²) in [5, 5.41) is 0. The van der Waals surface area contributed by atoms with E-state index < -0.39 is 0 Å². The van der Waals surface area contributed by atoms with Crippen molar-refractivity contribution in [2.24, 2.45) is 0 Å². The average molecular weight is 268 g/mol. The van der Waals surface area contributed by atoms with Crippen LogP contribution in [0.2, 0.25) is 0 Å². The number of anilines is 1. The average Bonchev–Trinajstić information content (AvgIpc) is 2.46. The molecule has 0 heterocycles. The molecule has 1 amide bonds. The smallest absolute Gasteiger partial charge is 0.254 e. The SMILES string of the molecule is CCN(Cc1ccccc1C)C(=O)c1ccc(N)cc1. The Bertz CT molecular complexity index is 590. The molecule has 0 saturated heterocycles. The van der Waals surface area contributed by atoms with E-state index in [0.29, 0.717) is 24.3 Å². The Balaban J connectivity index is 2.18. The highest BCUT2D eigenvalue weighted by molar-refractivity contribution is 5.94. The highest BCUT2D eigenvalue weighted by Crippen LogP contribution is 2.14. The lowest BCUT2D eigenvalue weighted by Gasteiger charge is -2.22. The highest BCUT2D eigenvalue weighted by Gasteiger charge is 2.14. The zero-order valence-corrected chi connectivity index (χ0v) is 12.0. The Labute approximate surface area is 120 Å².